The molecular formula is C18H18N2O6. The van der Waals surface area contributed by atoms with Gasteiger partial charge < -0.3 is 14.4 Å². The number of aromatic carboxylic acids is 1. The molecule has 0 unspecified atom stereocenters. The lowest BCUT2D eigenvalue weighted by Gasteiger charge is -2.22. The Kier molecular flexibility index (Phi) is 4.50. The minimum absolute atomic E-state index is 0.0167. The normalized spacial score (nSPS) is 14.3. The lowest BCUT2D eigenvalue weighted by atomic mass is 10.1. The summed E-state index contributed by atoms with van der Waals surface area (Å²) in [7, 11) is 0. The molecule has 8 heteroatoms. The van der Waals surface area contributed by atoms with Gasteiger partial charge in [-0.2, -0.15) is 0 Å². The zero-order chi connectivity index (χ0) is 19.0. The number of benzene rings is 1. The fourth-order valence-corrected chi connectivity index (χ4v) is 3.21. The van der Waals surface area contributed by atoms with E-state index < -0.39 is 29.0 Å². The summed E-state index contributed by atoms with van der Waals surface area (Å²) in [5, 5.41) is 9.68. The maximum absolute atomic E-state index is 12.3. The summed E-state index contributed by atoms with van der Waals surface area (Å²) in [6.07, 6.45) is -0.0334. The van der Waals surface area contributed by atoms with Crippen LogP contribution >= 0.6 is 0 Å². The van der Waals surface area contributed by atoms with E-state index in [2.05, 4.69) is 0 Å². The highest BCUT2D eigenvalue weighted by Gasteiger charge is 2.36. The average Bonchev–Trinajstić information content (AvgIpc) is 2.92. The Labute approximate surface area is 148 Å². The van der Waals surface area contributed by atoms with E-state index in [0.29, 0.717) is 0 Å². The number of carboxylic acids is 1. The van der Waals surface area contributed by atoms with Crippen molar-refractivity contribution in [2.75, 3.05) is 22.9 Å². The largest absolute Gasteiger partial charge is 0.477 e. The number of amides is 2. The molecule has 0 atom stereocenters. The summed E-state index contributed by atoms with van der Waals surface area (Å²) < 4.78 is 5.19. The van der Waals surface area contributed by atoms with Gasteiger partial charge in [-0.05, 0) is 26.0 Å². The quantitative estimate of drug-likeness (QED) is 0.643. The molecular weight excluding hydrogens is 340 g/mol. The topological polar surface area (TPSA) is 108 Å². The first-order valence-electron chi connectivity index (χ1n) is 8.33. The number of carbonyl (C=O) groups excluding carboxylic acids is 2. The molecule has 1 aromatic carbocycles. The summed E-state index contributed by atoms with van der Waals surface area (Å²) in [6, 6.07) is 4.94. The maximum atomic E-state index is 12.3. The number of fused-ring (bicyclic) bond motifs is 1. The van der Waals surface area contributed by atoms with Crippen LogP contribution in [0.4, 0.5) is 11.4 Å². The Morgan fingerprint density at radius 3 is 2.31 bits per heavy atom. The smallest absolute Gasteiger partial charge is 0.353 e. The third-order valence-corrected chi connectivity index (χ3v) is 4.48. The molecule has 1 aromatic heterocycles. The van der Waals surface area contributed by atoms with Crippen molar-refractivity contribution in [1.82, 2.24) is 0 Å². The average molecular weight is 358 g/mol. The number of imide groups is 1. The first kappa shape index (κ1) is 17.7. The second kappa shape index (κ2) is 6.62. The standard InChI is InChI=1S/C18H18N2O6/c1-3-19(4-2)10-5-6-11-12(9-10)26-18(25)15(17(23)24)16(11)20-13(21)7-8-14(20)22/h5-6,9H,3-4,7-8H2,1-2H3,(H,23,24). The molecule has 1 N–H and O–H groups in total. The molecule has 8 nitrogen and oxygen atoms in total. The Morgan fingerprint density at radius 2 is 1.77 bits per heavy atom. The monoisotopic (exact) mass is 358 g/mol. The van der Waals surface area contributed by atoms with Gasteiger partial charge in [0, 0.05) is 43.1 Å². The number of nitrogens with zero attached hydrogens (tertiary/aromatic N) is 2. The van der Waals surface area contributed by atoms with Crippen LogP contribution in [0.2, 0.25) is 0 Å². The lowest BCUT2D eigenvalue weighted by molar-refractivity contribution is -0.121. The zero-order valence-electron chi connectivity index (χ0n) is 14.4. The molecule has 1 saturated heterocycles. The van der Waals surface area contributed by atoms with Crippen molar-refractivity contribution in [2.45, 2.75) is 26.7 Å². The number of carbonyl (C=O) groups is 3. The molecule has 0 spiro atoms. The minimum atomic E-state index is -1.55. The molecule has 1 aliphatic heterocycles. The fourth-order valence-electron chi connectivity index (χ4n) is 3.21. The third kappa shape index (κ3) is 2.73. The molecule has 2 amide bonds. The van der Waals surface area contributed by atoms with Gasteiger partial charge in [-0.1, -0.05) is 0 Å². The van der Waals surface area contributed by atoms with Crippen LogP contribution in [-0.2, 0) is 9.59 Å². The van der Waals surface area contributed by atoms with Crippen molar-refractivity contribution >= 4 is 40.1 Å². The predicted molar refractivity (Wildman–Crippen MR) is 94.7 cm³/mol. The van der Waals surface area contributed by atoms with E-state index in [1.165, 1.54) is 0 Å². The summed E-state index contributed by atoms with van der Waals surface area (Å²) in [5.41, 5.74) is -1.09. The van der Waals surface area contributed by atoms with E-state index in [-0.39, 0.29) is 29.5 Å². The fraction of sp³-hybridized carbons (Fsp3) is 0.333. The van der Waals surface area contributed by atoms with Crippen molar-refractivity contribution in [3.63, 3.8) is 0 Å². The molecule has 136 valence electrons. The van der Waals surface area contributed by atoms with Crippen molar-refractivity contribution < 1.29 is 23.9 Å². The van der Waals surface area contributed by atoms with Crippen LogP contribution in [0, 0.1) is 0 Å². The number of anilines is 2. The molecule has 26 heavy (non-hydrogen) atoms. The Bertz CT molecular complexity index is 958. The first-order valence-corrected chi connectivity index (χ1v) is 8.33. The molecule has 0 aliphatic carbocycles. The molecule has 2 aromatic rings. The number of carboxylic acid groups (broad SMARTS) is 1. The van der Waals surface area contributed by atoms with Crippen molar-refractivity contribution in [1.29, 1.82) is 0 Å². The van der Waals surface area contributed by atoms with Crippen LogP contribution in [0.15, 0.2) is 27.4 Å². The summed E-state index contributed by atoms with van der Waals surface area (Å²) in [5.74, 6) is -2.61. The molecule has 1 fully saturated rings. The molecule has 2 heterocycles. The SMILES string of the molecule is CCN(CC)c1ccc2c(N3C(=O)CCC3=O)c(C(=O)O)c(=O)oc2c1. The second-order valence-corrected chi connectivity index (χ2v) is 5.89. The van der Waals surface area contributed by atoms with E-state index >= 15 is 0 Å². The van der Waals surface area contributed by atoms with Gasteiger partial charge in [-0.25, -0.2) is 14.5 Å². The molecule has 3 rings (SSSR count). The molecule has 1 aliphatic rings. The maximum Gasteiger partial charge on any atom is 0.353 e. The van der Waals surface area contributed by atoms with E-state index in [0.717, 1.165) is 23.7 Å². The van der Waals surface area contributed by atoms with Crippen molar-refractivity contribution in [3.8, 4) is 0 Å². The van der Waals surface area contributed by atoms with Crippen LogP contribution in [0.25, 0.3) is 11.0 Å². The second-order valence-electron chi connectivity index (χ2n) is 5.89. The van der Waals surface area contributed by atoms with E-state index in [1.54, 1.807) is 18.2 Å². The number of rotatable bonds is 5. The zero-order valence-corrected chi connectivity index (χ0v) is 14.4. The highest BCUT2D eigenvalue weighted by molar-refractivity contribution is 6.25. The van der Waals surface area contributed by atoms with Crippen LogP contribution in [0.5, 0.6) is 0 Å². The van der Waals surface area contributed by atoms with Crippen molar-refractivity contribution in [2.24, 2.45) is 0 Å². The van der Waals surface area contributed by atoms with Gasteiger partial charge in [-0.15, -0.1) is 0 Å². The van der Waals surface area contributed by atoms with E-state index in [4.69, 9.17) is 4.42 Å². The Balaban J connectivity index is 2.34. The summed E-state index contributed by atoms with van der Waals surface area (Å²) in [4.78, 5) is 51.0. The van der Waals surface area contributed by atoms with Gasteiger partial charge in [0.05, 0.1) is 5.69 Å². The Hall–Kier alpha value is -3.16. The van der Waals surface area contributed by atoms with Gasteiger partial charge in [0.2, 0.25) is 11.8 Å². The molecule has 0 bridgehead atoms. The van der Waals surface area contributed by atoms with Crippen LogP contribution < -0.4 is 15.4 Å². The highest BCUT2D eigenvalue weighted by atomic mass is 16.4. The minimum Gasteiger partial charge on any atom is -0.477 e. The molecule has 0 radical (unpaired) electrons. The van der Waals surface area contributed by atoms with Crippen LogP contribution in [0.1, 0.15) is 37.0 Å². The Morgan fingerprint density at radius 1 is 1.15 bits per heavy atom. The van der Waals surface area contributed by atoms with E-state index in [9.17, 15) is 24.3 Å². The number of hydrogen-bond donors (Lipinski definition) is 1. The highest BCUT2D eigenvalue weighted by Crippen LogP contribution is 2.34. The van der Waals surface area contributed by atoms with Crippen LogP contribution in [-0.4, -0.2) is 36.0 Å². The number of hydrogen-bond acceptors (Lipinski definition) is 6. The van der Waals surface area contributed by atoms with Gasteiger partial charge >= 0.3 is 11.6 Å². The van der Waals surface area contributed by atoms with Crippen molar-refractivity contribution in [3.05, 3.63) is 34.2 Å². The van der Waals surface area contributed by atoms with E-state index in [1.807, 2.05) is 18.7 Å². The van der Waals surface area contributed by atoms with Crippen LogP contribution in [0.3, 0.4) is 0 Å². The molecule has 0 saturated carbocycles. The predicted octanol–water partition coefficient (Wildman–Crippen LogP) is 1.99. The summed E-state index contributed by atoms with van der Waals surface area (Å²) >= 11 is 0. The summed E-state index contributed by atoms with van der Waals surface area (Å²) in [6.45, 7) is 5.42. The van der Waals surface area contributed by atoms with Gasteiger partial charge in [0.15, 0.2) is 5.56 Å². The third-order valence-electron chi connectivity index (χ3n) is 4.48. The first-order chi connectivity index (χ1) is 12.4. The van der Waals surface area contributed by atoms with Gasteiger partial charge in [-0.3, -0.25) is 9.59 Å². The van der Waals surface area contributed by atoms with Gasteiger partial charge in [0.25, 0.3) is 0 Å². The lowest BCUT2D eigenvalue weighted by Crippen LogP contribution is -2.32. The van der Waals surface area contributed by atoms with Gasteiger partial charge in [0.1, 0.15) is 5.58 Å².